The van der Waals surface area contributed by atoms with Crippen molar-refractivity contribution in [2.75, 3.05) is 18.5 Å². The first-order chi connectivity index (χ1) is 15.3. The molecule has 2 amide bonds. The average Bonchev–Trinajstić information content (AvgIpc) is 3.35. The number of anilines is 1. The van der Waals surface area contributed by atoms with Gasteiger partial charge in [0.25, 0.3) is 0 Å². The predicted octanol–water partition coefficient (Wildman–Crippen LogP) is 3.08. The van der Waals surface area contributed by atoms with E-state index < -0.39 is 34.6 Å². The highest BCUT2D eigenvalue weighted by Gasteiger charge is 2.76. The van der Waals surface area contributed by atoms with Crippen molar-refractivity contribution >= 4 is 62.8 Å². The fraction of sp³-hybridized carbons (Fsp3) is 0.591. The van der Waals surface area contributed by atoms with Crippen molar-refractivity contribution in [2.24, 2.45) is 11.8 Å². The highest BCUT2D eigenvalue weighted by Crippen LogP contribution is 2.68. The number of fused-ring (bicyclic) bond motifs is 1. The standard InChI is InChI=1S/C22H26BrClN2O5S/c1-3-11(10-27)26-18(19(28)25-14-8-6-5-7-13(14)24)22-9-12(23)17(32-22)15(16(22)20(26)29)21(30)31-4-2/h5-8,11-12,15-18,27H,3-4,9-10H2,1-2H3,(H,25,28)/t11-,12?,15+,16-,17+,18?,22?/m0/s1. The molecule has 3 fully saturated rings. The minimum absolute atomic E-state index is 0.0317. The van der Waals surface area contributed by atoms with Crippen molar-refractivity contribution in [3.63, 3.8) is 0 Å². The van der Waals surface area contributed by atoms with E-state index in [1.165, 1.54) is 16.7 Å². The number of hydrogen-bond acceptors (Lipinski definition) is 6. The number of para-hydroxylation sites is 1. The van der Waals surface area contributed by atoms with Gasteiger partial charge in [0.1, 0.15) is 6.04 Å². The molecular formula is C22H26BrClN2O5S. The Hall–Kier alpha value is -1.29. The number of ether oxygens (including phenoxy) is 1. The van der Waals surface area contributed by atoms with Gasteiger partial charge in [0, 0.05) is 10.1 Å². The normalized spacial score (nSPS) is 33.8. The number of aliphatic hydroxyl groups is 1. The third-order valence-electron chi connectivity index (χ3n) is 6.74. The summed E-state index contributed by atoms with van der Waals surface area (Å²) in [6, 6.07) is 5.55. The zero-order chi connectivity index (χ0) is 23.2. The number of benzene rings is 1. The number of alkyl halides is 1. The van der Waals surface area contributed by atoms with Gasteiger partial charge in [-0.3, -0.25) is 14.4 Å². The number of carbonyl (C=O) groups excluding carboxylic acids is 3. The Morgan fingerprint density at radius 1 is 1.41 bits per heavy atom. The van der Waals surface area contributed by atoms with Crippen LogP contribution in [-0.4, -0.2) is 67.9 Å². The third kappa shape index (κ3) is 3.56. The van der Waals surface area contributed by atoms with Crippen LogP contribution < -0.4 is 5.32 Å². The van der Waals surface area contributed by atoms with E-state index in [9.17, 15) is 19.5 Å². The lowest BCUT2D eigenvalue weighted by Crippen LogP contribution is -2.55. The monoisotopic (exact) mass is 544 g/mol. The van der Waals surface area contributed by atoms with Gasteiger partial charge < -0.3 is 20.1 Å². The highest BCUT2D eigenvalue weighted by molar-refractivity contribution is 9.09. The number of nitrogens with one attached hydrogen (secondary N) is 1. The number of amides is 2. The van der Waals surface area contributed by atoms with Crippen LogP contribution in [0.3, 0.4) is 0 Å². The summed E-state index contributed by atoms with van der Waals surface area (Å²) in [6.07, 6.45) is 1.05. The molecule has 3 aliphatic heterocycles. The molecule has 7 nitrogen and oxygen atoms in total. The van der Waals surface area contributed by atoms with Crippen LogP contribution in [0.5, 0.6) is 0 Å². The maximum atomic E-state index is 13.8. The lowest BCUT2D eigenvalue weighted by Gasteiger charge is -2.37. The highest BCUT2D eigenvalue weighted by atomic mass is 79.9. The van der Waals surface area contributed by atoms with E-state index in [4.69, 9.17) is 16.3 Å². The summed E-state index contributed by atoms with van der Waals surface area (Å²) in [6.45, 7) is 3.56. The van der Waals surface area contributed by atoms with Crippen LogP contribution in [-0.2, 0) is 19.1 Å². The SMILES string of the molecule is CCOC(=O)[C@H]1[C@@H]2SC3(CC2Br)C(C(=O)Nc2ccccc2Cl)N([C@@H](CC)CO)C(=O)[C@H]13. The van der Waals surface area contributed by atoms with Crippen molar-refractivity contribution in [3.8, 4) is 0 Å². The van der Waals surface area contributed by atoms with E-state index in [-0.39, 0.29) is 35.1 Å². The van der Waals surface area contributed by atoms with Gasteiger partial charge in [0.2, 0.25) is 11.8 Å². The van der Waals surface area contributed by atoms with Gasteiger partial charge in [0.15, 0.2) is 0 Å². The van der Waals surface area contributed by atoms with Crippen LogP contribution in [0, 0.1) is 11.8 Å². The van der Waals surface area contributed by atoms with Crippen molar-refractivity contribution in [1.29, 1.82) is 0 Å². The minimum Gasteiger partial charge on any atom is -0.466 e. The fourth-order valence-electron chi connectivity index (χ4n) is 5.45. The van der Waals surface area contributed by atoms with Gasteiger partial charge in [-0.25, -0.2) is 0 Å². The Kier molecular flexibility index (Phi) is 6.83. The molecular weight excluding hydrogens is 520 g/mol. The second-order valence-corrected chi connectivity index (χ2v) is 11.5. The molecule has 10 heteroatoms. The van der Waals surface area contributed by atoms with Gasteiger partial charge in [-0.2, -0.15) is 0 Å². The Morgan fingerprint density at radius 3 is 2.75 bits per heavy atom. The maximum absolute atomic E-state index is 13.8. The number of rotatable bonds is 7. The summed E-state index contributed by atoms with van der Waals surface area (Å²) >= 11 is 11.5. The summed E-state index contributed by atoms with van der Waals surface area (Å²) in [4.78, 5) is 41.8. The fourth-order valence-corrected chi connectivity index (χ4v) is 9.22. The number of likely N-dealkylation sites (tertiary alicyclic amines) is 1. The molecule has 1 aromatic rings. The van der Waals surface area contributed by atoms with Gasteiger partial charge >= 0.3 is 5.97 Å². The summed E-state index contributed by atoms with van der Waals surface area (Å²) in [7, 11) is 0. The minimum atomic E-state index is -0.845. The molecule has 0 aromatic heterocycles. The first-order valence-electron chi connectivity index (χ1n) is 10.8. The van der Waals surface area contributed by atoms with Crippen molar-refractivity contribution in [1.82, 2.24) is 4.90 Å². The molecule has 174 valence electrons. The molecule has 2 N–H and O–H groups in total. The van der Waals surface area contributed by atoms with E-state index in [0.29, 0.717) is 23.6 Å². The molecule has 1 spiro atoms. The third-order valence-corrected chi connectivity index (χ3v) is 10.3. The molecule has 32 heavy (non-hydrogen) atoms. The number of halogens is 2. The molecule has 4 rings (SSSR count). The van der Waals surface area contributed by atoms with Crippen molar-refractivity contribution in [3.05, 3.63) is 29.3 Å². The predicted molar refractivity (Wildman–Crippen MR) is 127 cm³/mol. The zero-order valence-corrected chi connectivity index (χ0v) is 21.0. The Labute approximate surface area is 204 Å². The van der Waals surface area contributed by atoms with Gasteiger partial charge in [-0.05, 0) is 31.9 Å². The average molecular weight is 546 g/mol. The van der Waals surface area contributed by atoms with E-state index in [1.807, 2.05) is 6.92 Å². The molecule has 3 saturated heterocycles. The topological polar surface area (TPSA) is 95.9 Å². The maximum Gasteiger partial charge on any atom is 0.310 e. The first-order valence-corrected chi connectivity index (χ1v) is 12.9. The van der Waals surface area contributed by atoms with Crippen LogP contribution >= 0.6 is 39.3 Å². The molecule has 3 unspecified atom stereocenters. The molecule has 0 radical (unpaired) electrons. The second kappa shape index (κ2) is 9.16. The van der Waals surface area contributed by atoms with Crippen LogP contribution in [0.1, 0.15) is 26.7 Å². The van der Waals surface area contributed by atoms with E-state index >= 15 is 0 Å². The van der Waals surface area contributed by atoms with Crippen molar-refractivity contribution < 1.29 is 24.2 Å². The summed E-state index contributed by atoms with van der Waals surface area (Å²) in [5.74, 6) is -2.34. The first kappa shape index (κ1) is 23.9. The lowest BCUT2D eigenvalue weighted by molar-refractivity contribution is -0.154. The number of nitrogens with zero attached hydrogens (tertiary/aromatic N) is 1. The molecule has 3 aliphatic rings. The van der Waals surface area contributed by atoms with Gasteiger partial charge in [-0.15, -0.1) is 11.8 Å². The lowest BCUT2D eigenvalue weighted by atomic mass is 9.71. The number of aliphatic hydroxyl groups excluding tert-OH is 1. The summed E-state index contributed by atoms with van der Waals surface area (Å²) < 4.78 is 4.53. The van der Waals surface area contributed by atoms with Crippen molar-refractivity contribution in [2.45, 2.75) is 53.6 Å². The second-order valence-electron chi connectivity index (χ2n) is 8.37. The smallest absolute Gasteiger partial charge is 0.310 e. The molecule has 1 aromatic carbocycles. The molecule has 3 heterocycles. The van der Waals surface area contributed by atoms with Gasteiger partial charge in [0.05, 0.1) is 46.5 Å². The molecule has 7 atom stereocenters. The van der Waals surface area contributed by atoms with Crippen LogP contribution in [0.4, 0.5) is 5.69 Å². The Balaban J connectivity index is 1.77. The van der Waals surface area contributed by atoms with Gasteiger partial charge in [-0.1, -0.05) is 46.6 Å². The number of carbonyl (C=O) groups is 3. The van der Waals surface area contributed by atoms with Crippen LogP contribution in [0.2, 0.25) is 5.02 Å². The number of esters is 1. The number of hydrogen-bond donors (Lipinski definition) is 2. The van der Waals surface area contributed by atoms with E-state index in [1.54, 1.807) is 31.2 Å². The summed E-state index contributed by atoms with van der Waals surface area (Å²) in [5, 5.41) is 13.2. The number of thioether (sulfide) groups is 1. The zero-order valence-electron chi connectivity index (χ0n) is 17.8. The quantitative estimate of drug-likeness (QED) is 0.404. The van der Waals surface area contributed by atoms with Crippen LogP contribution in [0.15, 0.2) is 24.3 Å². The van der Waals surface area contributed by atoms with E-state index in [2.05, 4.69) is 21.2 Å². The molecule has 0 saturated carbocycles. The Bertz CT molecular complexity index is 931. The van der Waals surface area contributed by atoms with Crippen LogP contribution in [0.25, 0.3) is 0 Å². The molecule has 0 aliphatic carbocycles. The largest absolute Gasteiger partial charge is 0.466 e. The van der Waals surface area contributed by atoms with E-state index in [0.717, 1.165) is 0 Å². The Morgan fingerprint density at radius 2 is 2.12 bits per heavy atom. The summed E-state index contributed by atoms with van der Waals surface area (Å²) in [5.41, 5.74) is 0.457. The molecule has 2 bridgehead atoms.